The highest BCUT2D eigenvalue weighted by Crippen LogP contribution is 2.53. The number of allylic oxidation sites excluding steroid dienone is 1. The molecule has 0 heterocycles. The molecule has 0 aromatic heterocycles. The number of rotatable bonds is 12. The third-order valence-electron chi connectivity index (χ3n) is 9.47. The molecule has 0 amide bonds. The number of esters is 1. The molecule has 0 saturated heterocycles. The fraction of sp³-hybridized carbons (Fsp3) is 0.195. The highest BCUT2D eigenvalue weighted by atomic mass is 16.5. The molecule has 7 heteroatoms. The fourth-order valence-electron chi connectivity index (χ4n) is 7.28. The van der Waals surface area contributed by atoms with Crippen LogP contribution in [-0.2, 0) is 22.4 Å². The molecule has 5 aromatic carbocycles. The maximum atomic E-state index is 13.5. The van der Waals surface area contributed by atoms with Crippen LogP contribution in [-0.4, -0.2) is 41.3 Å². The lowest BCUT2D eigenvalue weighted by molar-refractivity contribution is -0.136. The number of nitrogens with one attached hydrogen (secondary N) is 1. The first-order chi connectivity index (χ1) is 23.4. The van der Waals surface area contributed by atoms with Crippen LogP contribution in [0.15, 0.2) is 103 Å². The van der Waals surface area contributed by atoms with Crippen LogP contribution >= 0.6 is 0 Å². The van der Waals surface area contributed by atoms with Crippen LogP contribution in [0.25, 0.3) is 27.5 Å². The number of aromatic carboxylic acids is 2. The van der Waals surface area contributed by atoms with Gasteiger partial charge in [-0.05, 0) is 89.1 Å². The summed E-state index contributed by atoms with van der Waals surface area (Å²) in [6, 6.07) is 30.9. The van der Waals surface area contributed by atoms with Crippen LogP contribution in [0, 0.1) is 0 Å². The van der Waals surface area contributed by atoms with E-state index in [1.54, 1.807) is 24.3 Å². The van der Waals surface area contributed by atoms with E-state index in [0.717, 1.165) is 52.6 Å². The lowest BCUT2D eigenvalue weighted by atomic mass is 9.68. The van der Waals surface area contributed by atoms with Crippen molar-refractivity contribution in [1.29, 1.82) is 0 Å². The molecule has 0 fully saturated rings. The Morgan fingerprint density at radius 1 is 0.708 bits per heavy atom. The van der Waals surface area contributed by atoms with Gasteiger partial charge in [-0.15, -0.1) is 0 Å². The Bertz CT molecular complexity index is 2080. The highest BCUT2D eigenvalue weighted by molar-refractivity contribution is 6.22. The van der Waals surface area contributed by atoms with Crippen LogP contribution in [0.5, 0.6) is 0 Å². The van der Waals surface area contributed by atoms with E-state index in [4.69, 9.17) is 4.74 Å². The average molecular weight is 638 g/mol. The molecule has 0 radical (unpaired) electrons. The second kappa shape index (κ2) is 13.2. The molecule has 0 spiro atoms. The van der Waals surface area contributed by atoms with Gasteiger partial charge in [0.15, 0.2) is 0 Å². The van der Waals surface area contributed by atoms with Gasteiger partial charge in [-0.3, -0.25) is 0 Å². The van der Waals surface area contributed by atoms with Crippen molar-refractivity contribution in [2.24, 2.45) is 0 Å². The third-order valence-corrected chi connectivity index (χ3v) is 9.47. The van der Waals surface area contributed by atoms with Crippen LogP contribution in [0.4, 0.5) is 5.69 Å². The molecule has 7 rings (SSSR count). The summed E-state index contributed by atoms with van der Waals surface area (Å²) in [5.74, 6) is -2.92. The zero-order chi connectivity index (χ0) is 33.2. The maximum absolute atomic E-state index is 13.5. The number of benzene rings is 5. The van der Waals surface area contributed by atoms with Crippen molar-refractivity contribution >= 4 is 39.9 Å². The molecular weight excluding hydrogens is 602 g/mol. The Morgan fingerprint density at radius 2 is 1.38 bits per heavy atom. The lowest BCUT2D eigenvalue weighted by Gasteiger charge is -2.34. The first kappa shape index (κ1) is 30.9. The average Bonchev–Trinajstić information content (AvgIpc) is 3.10. The van der Waals surface area contributed by atoms with Crippen molar-refractivity contribution in [2.45, 2.75) is 38.0 Å². The largest absolute Gasteiger partial charge is 0.478 e. The maximum Gasteiger partial charge on any atom is 0.338 e. The van der Waals surface area contributed by atoms with E-state index in [1.165, 1.54) is 11.1 Å². The van der Waals surface area contributed by atoms with Gasteiger partial charge in [-0.1, -0.05) is 84.9 Å². The van der Waals surface area contributed by atoms with Crippen molar-refractivity contribution in [3.8, 4) is 11.1 Å². The van der Waals surface area contributed by atoms with Gasteiger partial charge >= 0.3 is 17.9 Å². The Labute approximate surface area is 278 Å². The predicted molar refractivity (Wildman–Crippen MR) is 187 cm³/mol. The molecular formula is C41H35NO6. The molecule has 7 nitrogen and oxygen atoms in total. The summed E-state index contributed by atoms with van der Waals surface area (Å²) in [4.78, 5) is 38.6. The summed E-state index contributed by atoms with van der Waals surface area (Å²) in [6.45, 7) is 0.859. The molecule has 0 aliphatic heterocycles. The zero-order valence-corrected chi connectivity index (χ0v) is 26.4. The standard InChI is InChI=1S/C41H35NO6/c43-39(44)31-17-14-27-30-20-21-34(42-23-22-26-11-5-2-6-12-26)38-32(40(45)46)18-15-29(36(30)38)28-16-19-33(37(31)35(27)28)41(47)48-24-8-7-13-25-9-3-1-4-10-25/h1-6,9-12,14-15,17-21,28,42H,7-8,13,16,22-24H2,(H,43,44)(H,45,46). The molecule has 240 valence electrons. The number of hydrogen-bond donors (Lipinski definition) is 3. The minimum atomic E-state index is -1.12. The van der Waals surface area contributed by atoms with Gasteiger partial charge in [-0.25, -0.2) is 14.4 Å². The van der Waals surface area contributed by atoms with Gasteiger partial charge in [-0.2, -0.15) is 0 Å². The molecule has 2 aliphatic rings. The number of unbranched alkanes of at least 4 members (excludes halogenated alkanes) is 1. The van der Waals surface area contributed by atoms with E-state index >= 15 is 0 Å². The Morgan fingerprint density at radius 3 is 2.08 bits per heavy atom. The SMILES string of the molecule is O=C(OCCCCc1ccccc1)C1=CCC2c3c(ccc(C(=O)O)c31)-c1ccc(NCCc3ccccc3)c3c(C(=O)O)ccc2c13. The molecule has 5 aromatic rings. The normalized spacial score (nSPS) is 14.2. The fourth-order valence-corrected chi connectivity index (χ4v) is 7.28. The molecule has 0 saturated carbocycles. The quantitative estimate of drug-likeness (QED) is 0.0931. The smallest absolute Gasteiger partial charge is 0.338 e. The minimum Gasteiger partial charge on any atom is -0.478 e. The van der Waals surface area contributed by atoms with Crippen molar-refractivity contribution < 1.29 is 29.3 Å². The number of fused-ring (bicyclic) bond motifs is 2. The second-order valence-electron chi connectivity index (χ2n) is 12.3. The van der Waals surface area contributed by atoms with Gasteiger partial charge in [0.1, 0.15) is 0 Å². The van der Waals surface area contributed by atoms with Crippen molar-refractivity contribution in [2.75, 3.05) is 18.5 Å². The number of anilines is 1. The summed E-state index contributed by atoms with van der Waals surface area (Å²) >= 11 is 0. The molecule has 48 heavy (non-hydrogen) atoms. The van der Waals surface area contributed by atoms with Crippen molar-refractivity contribution in [3.63, 3.8) is 0 Å². The van der Waals surface area contributed by atoms with E-state index in [9.17, 15) is 24.6 Å². The monoisotopic (exact) mass is 637 g/mol. The highest BCUT2D eigenvalue weighted by Gasteiger charge is 2.37. The Hall–Kier alpha value is -5.69. The van der Waals surface area contributed by atoms with Gasteiger partial charge in [0.2, 0.25) is 0 Å². The lowest BCUT2D eigenvalue weighted by Crippen LogP contribution is -2.22. The molecule has 3 N–H and O–H groups in total. The predicted octanol–water partition coefficient (Wildman–Crippen LogP) is 8.36. The van der Waals surface area contributed by atoms with Crippen molar-refractivity contribution in [1.82, 2.24) is 0 Å². The summed E-state index contributed by atoms with van der Waals surface area (Å²) in [6.07, 6.45) is 5.46. The van der Waals surface area contributed by atoms with E-state index in [1.807, 2.05) is 54.6 Å². The van der Waals surface area contributed by atoms with Crippen LogP contribution in [0.1, 0.15) is 73.7 Å². The number of carboxylic acids is 2. The number of hydrogen-bond acceptors (Lipinski definition) is 5. The van der Waals surface area contributed by atoms with Gasteiger partial charge in [0.05, 0.1) is 23.3 Å². The second-order valence-corrected chi connectivity index (χ2v) is 12.3. The summed E-state index contributed by atoms with van der Waals surface area (Å²) < 4.78 is 5.72. The zero-order valence-electron chi connectivity index (χ0n) is 26.4. The topological polar surface area (TPSA) is 113 Å². The van der Waals surface area contributed by atoms with Gasteiger partial charge < -0.3 is 20.3 Å². The number of carbonyl (C=O) groups excluding carboxylic acids is 1. The van der Waals surface area contributed by atoms with E-state index in [-0.39, 0.29) is 29.2 Å². The first-order valence-electron chi connectivity index (χ1n) is 16.3. The van der Waals surface area contributed by atoms with Crippen molar-refractivity contribution in [3.05, 3.63) is 142 Å². The first-order valence-corrected chi connectivity index (χ1v) is 16.3. The molecule has 2 aliphatic carbocycles. The minimum absolute atomic E-state index is 0.0479. The van der Waals surface area contributed by atoms with E-state index < -0.39 is 17.9 Å². The molecule has 1 unspecified atom stereocenters. The summed E-state index contributed by atoms with van der Waals surface area (Å²) in [7, 11) is 0. The molecule has 0 bridgehead atoms. The summed E-state index contributed by atoms with van der Waals surface area (Å²) in [5, 5.41) is 25.5. The number of carbonyl (C=O) groups is 3. The Balaban J connectivity index is 1.23. The number of carboxylic acid groups (broad SMARTS) is 2. The van der Waals surface area contributed by atoms with E-state index in [0.29, 0.717) is 30.3 Å². The number of ether oxygens (including phenoxy) is 1. The Kier molecular flexibility index (Phi) is 8.51. The van der Waals surface area contributed by atoms with Gasteiger partial charge in [0, 0.05) is 29.1 Å². The number of aryl methyl sites for hydroxylation is 1. The van der Waals surface area contributed by atoms with Crippen LogP contribution in [0.3, 0.4) is 0 Å². The molecule has 1 atom stereocenters. The third kappa shape index (κ3) is 5.72. The van der Waals surface area contributed by atoms with Crippen LogP contribution in [0.2, 0.25) is 0 Å². The van der Waals surface area contributed by atoms with E-state index in [2.05, 4.69) is 29.6 Å². The summed E-state index contributed by atoms with van der Waals surface area (Å²) in [5.41, 5.74) is 7.35. The van der Waals surface area contributed by atoms with Gasteiger partial charge in [0.25, 0.3) is 0 Å². The van der Waals surface area contributed by atoms with Crippen LogP contribution < -0.4 is 5.32 Å².